The summed E-state index contributed by atoms with van der Waals surface area (Å²) in [7, 11) is 1.70. The minimum absolute atomic E-state index is 0. The Hall–Kier alpha value is -2.20. The second-order valence-electron chi connectivity index (χ2n) is 6.65. The van der Waals surface area contributed by atoms with Gasteiger partial charge in [0.25, 0.3) is 0 Å². The molecule has 164 valence electrons. The fourth-order valence-electron chi connectivity index (χ4n) is 2.88. The molecule has 8 heteroatoms. The molecular weight excluding hydrogens is 495 g/mol. The van der Waals surface area contributed by atoms with E-state index in [0.29, 0.717) is 26.4 Å². The smallest absolute Gasteiger partial charge is 0.196 e. The fourth-order valence-corrected chi connectivity index (χ4v) is 2.88. The zero-order valence-corrected chi connectivity index (χ0v) is 19.9. The van der Waals surface area contributed by atoms with E-state index in [1.165, 1.54) is 0 Å². The van der Waals surface area contributed by atoms with Gasteiger partial charge in [-0.2, -0.15) is 0 Å². The van der Waals surface area contributed by atoms with E-state index in [1.54, 1.807) is 7.11 Å². The first-order valence-electron chi connectivity index (χ1n) is 10.0. The summed E-state index contributed by atoms with van der Waals surface area (Å²) >= 11 is 0. The van der Waals surface area contributed by atoms with Crippen molar-refractivity contribution in [2.75, 3.05) is 50.7 Å². The van der Waals surface area contributed by atoms with E-state index in [-0.39, 0.29) is 24.0 Å². The van der Waals surface area contributed by atoms with Gasteiger partial charge in [-0.3, -0.25) is 0 Å². The van der Waals surface area contributed by atoms with Crippen LogP contribution < -0.4 is 25.4 Å². The average molecular weight is 526 g/mol. The number of hydrogen-bond donors (Lipinski definition) is 3. The fraction of sp³-hybridized carbons (Fsp3) is 0.409. The maximum atomic E-state index is 5.77. The third kappa shape index (κ3) is 7.56. The molecule has 1 heterocycles. The summed E-state index contributed by atoms with van der Waals surface area (Å²) in [4.78, 5) is 4.70. The normalized spacial score (nSPS) is 13.1. The van der Waals surface area contributed by atoms with Crippen LogP contribution in [0, 0.1) is 0 Å². The molecule has 0 saturated carbocycles. The van der Waals surface area contributed by atoms with Crippen LogP contribution in [-0.4, -0.2) is 46.0 Å². The molecule has 1 aliphatic rings. The Balaban J connectivity index is 0.00000320. The van der Waals surface area contributed by atoms with E-state index in [4.69, 9.17) is 19.2 Å². The number of aliphatic imine (C=N–C) groups is 1. The van der Waals surface area contributed by atoms with Gasteiger partial charge in [0.1, 0.15) is 0 Å². The van der Waals surface area contributed by atoms with Crippen LogP contribution in [0.2, 0.25) is 0 Å². The number of fused-ring (bicyclic) bond motifs is 1. The Labute approximate surface area is 195 Å². The number of rotatable bonds is 8. The topological polar surface area (TPSA) is 76.1 Å². The number of ether oxygens (including phenoxy) is 3. The summed E-state index contributed by atoms with van der Waals surface area (Å²) in [6.45, 7) is 6.23. The van der Waals surface area contributed by atoms with Crippen LogP contribution in [0.3, 0.4) is 0 Å². The van der Waals surface area contributed by atoms with Gasteiger partial charge in [0.15, 0.2) is 17.5 Å². The van der Waals surface area contributed by atoms with Gasteiger partial charge in [0, 0.05) is 44.1 Å². The number of halogens is 1. The molecule has 0 aliphatic carbocycles. The minimum atomic E-state index is 0. The molecule has 0 amide bonds. The second-order valence-corrected chi connectivity index (χ2v) is 6.65. The number of hydrogen-bond acceptors (Lipinski definition) is 5. The molecule has 0 fully saturated rings. The van der Waals surface area contributed by atoms with Gasteiger partial charge in [0.2, 0.25) is 0 Å². The predicted molar refractivity (Wildman–Crippen MR) is 133 cm³/mol. The van der Waals surface area contributed by atoms with E-state index in [9.17, 15) is 0 Å². The molecule has 30 heavy (non-hydrogen) atoms. The quantitative estimate of drug-likeness (QED) is 0.208. The molecule has 0 bridgehead atoms. The van der Waals surface area contributed by atoms with Crippen LogP contribution in [0.1, 0.15) is 18.9 Å². The van der Waals surface area contributed by atoms with Crippen LogP contribution >= 0.6 is 24.0 Å². The van der Waals surface area contributed by atoms with E-state index < -0.39 is 0 Å². The van der Waals surface area contributed by atoms with Crippen LogP contribution in [0.25, 0.3) is 0 Å². The number of methoxy groups -OCH3 is 1. The largest absolute Gasteiger partial charge is 0.490 e. The van der Waals surface area contributed by atoms with E-state index in [1.807, 2.05) is 25.1 Å². The first kappa shape index (κ1) is 24.1. The van der Waals surface area contributed by atoms with Crippen molar-refractivity contribution in [1.82, 2.24) is 5.32 Å². The summed E-state index contributed by atoms with van der Waals surface area (Å²) in [5, 5.41) is 9.94. The highest BCUT2D eigenvalue weighted by Crippen LogP contribution is 2.32. The molecule has 0 aromatic heterocycles. The summed E-state index contributed by atoms with van der Waals surface area (Å²) < 4.78 is 16.5. The van der Waals surface area contributed by atoms with Gasteiger partial charge >= 0.3 is 0 Å². The predicted octanol–water partition coefficient (Wildman–Crippen LogP) is 4.10. The van der Waals surface area contributed by atoms with Crippen molar-refractivity contribution in [3.63, 3.8) is 0 Å². The van der Waals surface area contributed by atoms with E-state index in [0.717, 1.165) is 53.9 Å². The van der Waals surface area contributed by atoms with E-state index in [2.05, 4.69) is 40.2 Å². The van der Waals surface area contributed by atoms with Crippen LogP contribution in [-0.2, 0) is 11.3 Å². The lowest BCUT2D eigenvalue weighted by atomic mass is 10.2. The SMILES string of the molecule is CCNC(=NCc1ccc(NCCOC)cc1)Nc1ccc2c(c1)OCCCO2.I. The number of benzene rings is 2. The zero-order chi connectivity index (χ0) is 20.3. The standard InChI is InChI=1S/C22H30N4O3.HI/c1-3-23-22(25-16-17-5-7-18(8-6-17)24-11-14-27-2)26-19-9-10-20-21(15-19)29-13-4-12-28-20;/h5-10,15,24H,3-4,11-14,16H2,1-2H3,(H2,23,25,26);1H. The molecule has 0 radical (unpaired) electrons. The number of guanidine groups is 1. The molecule has 2 aromatic carbocycles. The van der Waals surface area contributed by atoms with Gasteiger partial charge in [-0.1, -0.05) is 12.1 Å². The van der Waals surface area contributed by atoms with Gasteiger partial charge in [-0.25, -0.2) is 4.99 Å². The summed E-state index contributed by atoms with van der Waals surface area (Å²) in [6.07, 6.45) is 0.891. The molecule has 7 nitrogen and oxygen atoms in total. The molecule has 0 atom stereocenters. The van der Waals surface area contributed by atoms with Crippen molar-refractivity contribution in [2.24, 2.45) is 4.99 Å². The average Bonchev–Trinajstić information content (AvgIpc) is 2.98. The maximum Gasteiger partial charge on any atom is 0.196 e. The third-order valence-electron chi connectivity index (χ3n) is 4.36. The van der Waals surface area contributed by atoms with Gasteiger partial charge < -0.3 is 30.2 Å². The Morgan fingerprint density at radius 1 is 1.03 bits per heavy atom. The van der Waals surface area contributed by atoms with Crippen LogP contribution in [0.5, 0.6) is 11.5 Å². The number of nitrogens with one attached hydrogen (secondary N) is 3. The van der Waals surface area contributed by atoms with Gasteiger partial charge in [0.05, 0.1) is 26.4 Å². The second kappa shape index (κ2) is 13.2. The minimum Gasteiger partial charge on any atom is -0.490 e. The first-order valence-corrected chi connectivity index (χ1v) is 10.0. The van der Waals surface area contributed by atoms with Crippen LogP contribution in [0.15, 0.2) is 47.5 Å². The molecule has 1 aliphatic heterocycles. The van der Waals surface area contributed by atoms with Crippen molar-refractivity contribution >= 4 is 41.3 Å². The summed E-state index contributed by atoms with van der Waals surface area (Å²) in [5.74, 6) is 2.28. The monoisotopic (exact) mass is 526 g/mol. The molecule has 3 N–H and O–H groups in total. The third-order valence-corrected chi connectivity index (χ3v) is 4.36. The lowest BCUT2D eigenvalue weighted by Gasteiger charge is -2.14. The van der Waals surface area contributed by atoms with Gasteiger partial charge in [-0.15, -0.1) is 24.0 Å². The molecule has 2 aromatic rings. The number of anilines is 2. The molecule has 3 rings (SSSR count). The van der Waals surface area contributed by atoms with Crippen molar-refractivity contribution < 1.29 is 14.2 Å². The lowest BCUT2D eigenvalue weighted by Crippen LogP contribution is -2.30. The summed E-state index contributed by atoms with van der Waals surface area (Å²) in [5.41, 5.74) is 3.12. The highest BCUT2D eigenvalue weighted by atomic mass is 127. The molecule has 0 spiro atoms. The molecule has 0 saturated heterocycles. The van der Waals surface area contributed by atoms with Crippen LogP contribution in [0.4, 0.5) is 11.4 Å². The molecule has 0 unspecified atom stereocenters. The van der Waals surface area contributed by atoms with E-state index >= 15 is 0 Å². The number of nitrogens with zero attached hydrogens (tertiary/aromatic N) is 1. The highest BCUT2D eigenvalue weighted by molar-refractivity contribution is 14.0. The van der Waals surface area contributed by atoms with Crippen molar-refractivity contribution in [3.05, 3.63) is 48.0 Å². The molecular formula is C22H31IN4O3. The van der Waals surface area contributed by atoms with Crippen molar-refractivity contribution in [3.8, 4) is 11.5 Å². The first-order chi connectivity index (χ1) is 14.3. The Bertz CT molecular complexity index is 799. The van der Waals surface area contributed by atoms with Crippen molar-refractivity contribution in [1.29, 1.82) is 0 Å². The van der Waals surface area contributed by atoms with Gasteiger partial charge in [-0.05, 0) is 36.8 Å². The lowest BCUT2D eigenvalue weighted by molar-refractivity contribution is 0.211. The summed E-state index contributed by atoms with van der Waals surface area (Å²) in [6, 6.07) is 14.1. The Kier molecular flexibility index (Phi) is 10.6. The highest BCUT2D eigenvalue weighted by Gasteiger charge is 2.11. The Morgan fingerprint density at radius 3 is 2.50 bits per heavy atom. The Morgan fingerprint density at radius 2 is 1.77 bits per heavy atom. The zero-order valence-electron chi connectivity index (χ0n) is 17.6. The van der Waals surface area contributed by atoms with Crippen molar-refractivity contribution in [2.45, 2.75) is 19.9 Å². The maximum absolute atomic E-state index is 5.77.